The summed E-state index contributed by atoms with van der Waals surface area (Å²) in [5.41, 5.74) is 2.02. The van der Waals surface area contributed by atoms with Crippen LogP contribution in [0.25, 0.3) is 22.0 Å². The molecule has 3 aromatic carbocycles. The number of nitrogens with one attached hydrogen (secondary N) is 1. The van der Waals surface area contributed by atoms with Crippen molar-refractivity contribution >= 4 is 51.2 Å². The second-order valence-corrected chi connectivity index (χ2v) is 9.12. The number of aromatic nitrogens is 2. The topological polar surface area (TPSA) is 118 Å². The minimum Gasteiger partial charge on any atom is -0.503 e. The van der Waals surface area contributed by atoms with Gasteiger partial charge < -0.3 is 24.0 Å². The van der Waals surface area contributed by atoms with Crippen LogP contribution in [0.4, 0.5) is 5.95 Å². The zero-order valence-electron chi connectivity index (χ0n) is 20.2. The maximum absolute atomic E-state index is 13.8. The van der Waals surface area contributed by atoms with Crippen molar-refractivity contribution in [1.29, 1.82) is 0 Å². The lowest BCUT2D eigenvalue weighted by Crippen LogP contribution is -2.32. The van der Waals surface area contributed by atoms with Gasteiger partial charge in [-0.3, -0.25) is 14.5 Å². The molecule has 38 heavy (non-hydrogen) atoms. The number of H-pyrrole nitrogens is 1. The molecule has 1 aliphatic rings. The third-order valence-electron chi connectivity index (χ3n) is 6.47. The van der Waals surface area contributed by atoms with Crippen LogP contribution in [0.2, 0.25) is 5.02 Å². The Balaban J connectivity index is 1.51. The highest BCUT2D eigenvalue weighted by molar-refractivity contribution is 6.31. The summed E-state index contributed by atoms with van der Waals surface area (Å²) in [4.78, 5) is 36.3. The SMILES string of the molecule is COc1cccc(C2C(C(=O)c3cc4cc(Cl)ccc4o3)=C(O)C(=O)N2c2nc3ccc(OC)cc3[nH]2)c1. The van der Waals surface area contributed by atoms with Crippen molar-refractivity contribution in [2.75, 3.05) is 19.1 Å². The van der Waals surface area contributed by atoms with Gasteiger partial charge in [-0.25, -0.2) is 4.98 Å². The molecular formula is C28H20ClN3O6. The molecular weight excluding hydrogens is 510 g/mol. The summed E-state index contributed by atoms with van der Waals surface area (Å²) in [6.07, 6.45) is 0. The quantitative estimate of drug-likeness (QED) is 0.268. The van der Waals surface area contributed by atoms with E-state index in [0.29, 0.717) is 44.1 Å². The molecule has 0 aliphatic carbocycles. The molecule has 0 bridgehead atoms. The van der Waals surface area contributed by atoms with Crippen molar-refractivity contribution in [3.63, 3.8) is 0 Å². The Labute approximate surface area is 220 Å². The number of anilines is 1. The van der Waals surface area contributed by atoms with Gasteiger partial charge >= 0.3 is 0 Å². The number of ketones is 1. The number of aromatic amines is 1. The molecule has 9 nitrogen and oxygen atoms in total. The van der Waals surface area contributed by atoms with Gasteiger partial charge in [-0.1, -0.05) is 23.7 Å². The van der Waals surface area contributed by atoms with Crippen molar-refractivity contribution < 1.29 is 28.6 Å². The zero-order valence-corrected chi connectivity index (χ0v) is 20.9. The van der Waals surface area contributed by atoms with Gasteiger partial charge in [-0.2, -0.15) is 0 Å². The third-order valence-corrected chi connectivity index (χ3v) is 6.70. The molecule has 1 unspecified atom stereocenters. The van der Waals surface area contributed by atoms with Crippen LogP contribution in [0.3, 0.4) is 0 Å². The summed E-state index contributed by atoms with van der Waals surface area (Å²) < 4.78 is 16.4. The first-order valence-electron chi connectivity index (χ1n) is 11.6. The van der Waals surface area contributed by atoms with Crippen LogP contribution in [0.5, 0.6) is 11.5 Å². The number of ether oxygens (including phenoxy) is 2. The van der Waals surface area contributed by atoms with Crippen molar-refractivity contribution in [1.82, 2.24) is 9.97 Å². The second-order valence-electron chi connectivity index (χ2n) is 8.68. The van der Waals surface area contributed by atoms with Crippen LogP contribution in [0, 0.1) is 0 Å². The number of carbonyl (C=O) groups is 2. The van der Waals surface area contributed by atoms with E-state index in [0.717, 1.165) is 0 Å². The number of carbonyl (C=O) groups excluding carboxylic acids is 2. The average Bonchev–Trinajstić information content (AvgIpc) is 3.61. The van der Waals surface area contributed by atoms with E-state index in [1.807, 2.05) is 0 Å². The Bertz CT molecular complexity index is 1790. The van der Waals surface area contributed by atoms with E-state index in [-0.39, 0.29) is 17.3 Å². The Morgan fingerprint density at radius 1 is 1.05 bits per heavy atom. The van der Waals surface area contributed by atoms with Crippen LogP contribution in [0.1, 0.15) is 22.2 Å². The first-order chi connectivity index (χ1) is 18.4. The van der Waals surface area contributed by atoms with E-state index in [2.05, 4.69) is 9.97 Å². The van der Waals surface area contributed by atoms with E-state index in [1.165, 1.54) is 18.1 Å². The van der Waals surface area contributed by atoms with E-state index in [1.54, 1.807) is 67.8 Å². The van der Waals surface area contributed by atoms with Crippen LogP contribution in [-0.2, 0) is 4.79 Å². The number of rotatable bonds is 6. The molecule has 2 N–H and O–H groups in total. The minimum atomic E-state index is -1.02. The van der Waals surface area contributed by atoms with E-state index < -0.39 is 23.5 Å². The molecule has 0 radical (unpaired) electrons. The number of benzene rings is 3. The van der Waals surface area contributed by atoms with Gasteiger partial charge in [0.25, 0.3) is 5.91 Å². The van der Waals surface area contributed by atoms with Crippen LogP contribution in [0.15, 0.2) is 82.5 Å². The number of furan rings is 1. The normalized spacial score (nSPS) is 15.6. The number of amides is 1. The number of Topliss-reactive ketones (excluding diaryl/α,β-unsaturated/α-hetero) is 1. The van der Waals surface area contributed by atoms with Gasteiger partial charge in [0.2, 0.25) is 11.7 Å². The first-order valence-corrected chi connectivity index (χ1v) is 11.9. The van der Waals surface area contributed by atoms with Crippen molar-refractivity contribution in [2.24, 2.45) is 0 Å². The van der Waals surface area contributed by atoms with Gasteiger partial charge in [-0.05, 0) is 54.1 Å². The molecule has 3 heterocycles. The van der Waals surface area contributed by atoms with E-state index >= 15 is 0 Å². The molecule has 1 aliphatic heterocycles. The molecule has 0 saturated heterocycles. The number of aliphatic hydroxyl groups is 1. The van der Waals surface area contributed by atoms with Gasteiger partial charge in [0.05, 0.1) is 36.9 Å². The van der Waals surface area contributed by atoms with Crippen LogP contribution >= 0.6 is 11.6 Å². The van der Waals surface area contributed by atoms with E-state index in [9.17, 15) is 14.7 Å². The molecule has 0 saturated carbocycles. The third kappa shape index (κ3) is 3.75. The minimum absolute atomic E-state index is 0.0410. The molecule has 10 heteroatoms. The number of fused-ring (bicyclic) bond motifs is 2. The summed E-state index contributed by atoms with van der Waals surface area (Å²) in [7, 11) is 3.06. The number of hydrogen-bond donors (Lipinski definition) is 2. The largest absolute Gasteiger partial charge is 0.503 e. The van der Waals surface area contributed by atoms with Gasteiger partial charge in [0.1, 0.15) is 17.1 Å². The molecule has 0 fully saturated rings. The fraction of sp³-hybridized carbons (Fsp3) is 0.107. The molecule has 2 aromatic heterocycles. The lowest BCUT2D eigenvalue weighted by atomic mass is 9.95. The number of hydrogen-bond acceptors (Lipinski definition) is 7. The fourth-order valence-electron chi connectivity index (χ4n) is 4.66. The lowest BCUT2D eigenvalue weighted by molar-refractivity contribution is -0.117. The molecule has 190 valence electrons. The van der Waals surface area contributed by atoms with Crippen molar-refractivity contribution in [2.45, 2.75) is 6.04 Å². The van der Waals surface area contributed by atoms with Crippen LogP contribution < -0.4 is 14.4 Å². The Morgan fingerprint density at radius 2 is 1.84 bits per heavy atom. The Morgan fingerprint density at radius 3 is 2.63 bits per heavy atom. The van der Waals surface area contributed by atoms with Crippen LogP contribution in [-0.4, -0.2) is 41.0 Å². The molecule has 5 aromatic rings. The highest BCUT2D eigenvalue weighted by Gasteiger charge is 2.46. The van der Waals surface area contributed by atoms with Gasteiger partial charge in [-0.15, -0.1) is 0 Å². The van der Waals surface area contributed by atoms with Gasteiger partial charge in [0.15, 0.2) is 11.5 Å². The summed E-state index contributed by atoms with van der Waals surface area (Å²) in [5.74, 6) is -0.896. The van der Waals surface area contributed by atoms with Gasteiger partial charge in [0, 0.05) is 16.5 Å². The smallest absolute Gasteiger partial charge is 0.296 e. The predicted molar refractivity (Wildman–Crippen MR) is 141 cm³/mol. The summed E-state index contributed by atoms with van der Waals surface area (Å²) in [6, 6.07) is 17.6. The molecule has 0 spiro atoms. The highest BCUT2D eigenvalue weighted by Crippen LogP contribution is 2.42. The number of nitrogens with zero attached hydrogens (tertiary/aromatic N) is 2. The van der Waals surface area contributed by atoms with Crippen molar-refractivity contribution in [3.05, 3.63) is 94.4 Å². The summed E-state index contributed by atoms with van der Waals surface area (Å²) in [5, 5.41) is 12.2. The maximum atomic E-state index is 13.8. The standard InChI is InChI=1S/C28H20ClN3O6/c1-36-17-5-3-4-14(11-17)24-23(25(33)22-12-15-10-16(29)6-9-21(15)38-22)26(34)27(35)32(24)28-30-19-8-7-18(37-2)13-20(19)31-28/h3-13,24,34H,1-2H3,(H,30,31). The van der Waals surface area contributed by atoms with E-state index in [4.69, 9.17) is 25.5 Å². The van der Waals surface area contributed by atoms with Crippen molar-refractivity contribution in [3.8, 4) is 11.5 Å². The Hall–Kier alpha value is -4.76. The number of imidazole rings is 1. The molecule has 6 rings (SSSR count). The molecule has 1 atom stereocenters. The zero-order chi connectivity index (χ0) is 26.6. The second kappa shape index (κ2) is 8.97. The highest BCUT2D eigenvalue weighted by atomic mass is 35.5. The lowest BCUT2D eigenvalue weighted by Gasteiger charge is -2.24. The predicted octanol–water partition coefficient (Wildman–Crippen LogP) is 5.76. The fourth-order valence-corrected chi connectivity index (χ4v) is 4.84. The number of aliphatic hydroxyl groups excluding tert-OH is 1. The molecule has 1 amide bonds. The average molecular weight is 530 g/mol. The maximum Gasteiger partial charge on any atom is 0.296 e. The number of halogens is 1. The monoisotopic (exact) mass is 529 g/mol. The summed E-state index contributed by atoms with van der Waals surface area (Å²) >= 11 is 6.09. The number of methoxy groups -OCH3 is 2. The first kappa shape index (κ1) is 23.6. The summed E-state index contributed by atoms with van der Waals surface area (Å²) in [6.45, 7) is 0. The Kier molecular flexibility index (Phi) is 5.57.